The summed E-state index contributed by atoms with van der Waals surface area (Å²) in [6, 6.07) is 1.83. The van der Waals surface area contributed by atoms with Crippen LogP contribution in [0.15, 0.2) is 17.8 Å². The third kappa shape index (κ3) is 3.59. The molecule has 0 unspecified atom stereocenters. The van der Waals surface area contributed by atoms with E-state index in [1.54, 1.807) is 0 Å². The van der Waals surface area contributed by atoms with Crippen molar-refractivity contribution >= 4 is 50.4 Å². The maximum atomic E-state index is 11.8. The average molecular weight is 352 g/mol. The van der Waals surface area contributed by atoms with E-state index in [4.69, 9.17) is 4.74 Å². The van der Waals surface area contributed by atoms with E-state index in [-0.39, 0.29) is 42.5 Å². The number of carbonyl (C=O) groups is 3. The van der Waals surface area contributed by atoms with Crippen LogP contribution in [0.4, 0.5) is 4.79 Å². The van der Waals surface area contributed by atoms with Crippen LogP contribution >= 0.6 is 23.1 Å². The Kier molecular flexibility index (Phi) is 4.72. The zero-order valence-electron chi connectivity index (χ0n) is 11.9. The van der Waals surface area contributed by atoms with Gasteiger partial charge in [0.1, 0.15) is 11.2 Å². The van der Waals surface area contributed by atoms with E-state index in [0.717, 1.165) is 26.9 Å². The summed E-state index contributed by atoms with van der Waals surface area (Å²) in [5.41, 5.74) is 0. The molecule has 0 bridgehead atoms. The summed E-state index contributed by atoms with van der Waals surface area (Å²) in [6.45, 7) is 0.162. The minimum atomic E-state index is -0.348. The van der Waals surface area contributed by atoms with Gasteiger partial charge >= 0.3 is 0 Å². The van der Waals surface area contributed by atoms with Gasteiger partial charge in [-0.15, -0.1) is 11.3 Å². The van der Waals surface area contributed by atoms with E-state index in [0.29, 0.717) is 5.88 Å². The molecule has 0 aliphatic carbocycles. The van der Waals surface area contributed by atoms with Gasteiger partial charge in [-0.1, -0.05) is 11.8 Å². The van der Waals surface area contributed by atoms with Crippen molar-refractivity contribution in [2.75, 3.05) is 25.4 Å². The fourth-order valence-electron chi connectivity index (χ4n) is 1.97. The molecule has 2 aromatic rings. The third-order valence-corrected chi connectivity index (χ3v) is 4.74. The van der Waals surface area contributed by atoms with Gasteiger partial charge in [-0.25, -0.2) is 9.97 Å². The van der Waals surface area contributed by atoms with Crippen molar-refractivity contribution in [3.8, 4) is 5.88 Å². The normalized spacial score (nSPS) is 14.5. The first-order valence-electron chi connectivity index (χ1n) is 6.70. The number of hydrogen-bond acceptors (Lipinski definition) is 8. The predicted octanol–water partition coefficient (Wildman–Crippen LogP) is 0.882. The summed E-state index contributed by atoms with van der Waals surface area (Å²) < 4.78 is 5.40. The number of thioether (sulfide) groups is 1. The summed E-state index contributed by atoms with van der Waals surface area (Å²) in [5, 5.41) is 4.96. The van der Waals surface area contributed by atoms with Crippen LogP contribution in [0.3, 0.4) is 0 Å². The van der Waals surface area contributed by atoms with Gasteiger partial charge in [0.2, 0.25) is 11.8 Å². The highest BCUT2D eigenvalue weighted by molar-refractivity contribution is 8.14. The number of rotatable bonds is 6. The fourth-order valence-corrected chi connectivity index (χ4v) is 3.45. The second-order valence-corrected chi connectivity index (χ2v) is 6.38. The second-order valence-electron chi connectivity index (χ2n) is 4.56. The third-order valence-electron chi connectivity index (χ3n) is 3.06. The molecule has 3 heterocycles. The Hall–Kier alpha value is -2.20. The first kappa shape index (κ1) is 15.7. The Morgan fingerprint density at radius 3 is 3.04 bits per heavy atom. The van der Waals surface area contributed by atoms with Crippen LogP contribution in [-0.4, -0.2) is 57.4 Å². The van der Waals surface area contributed by atoms with Gasteiger partial charge < -0.3 is 10.1 Å². The molecule has 1 aliphatic rings. The number of nitrogens with one attached hydrogen (secondary N) is 1. The Balaban J connectivity index is 1.46. The van der Waals surface area contributed by atoms with Crippen LogP contribution in [0.2, 0.25) is 0 Å². The molecule has 0 radical (unpaired) electrons. The van der Waals surface area contributed by atoms with Gasteiger partial charge in [0.15, 0.2) is 6.61 Å². The molecule has 10 heteroatoms. The first-order valence-corrected chi connectivity index (χ1v) is 8.56. The van der Waals surface area contributed by atoms with Crippen LogP contribution in [0.5, 0.6) is 5.88 Å². The van der Waals surface area contributed by atoms with E-state index < -0.39 is 0 Å². The molecule has 3 amide bonds. The quantitative estimate of drug-likeness (QED) is 0.823. The maximum Gasteiger partial charge on any atom is 0.288 e. The van der Waals surface area contributed by atoms with Gasteiger partial charge in [-0.2, -0.15) is 0 Å². The van der Waals surface area contributed by atoms with E-state index in [9.17, 15) is 14.4 Å². The summed E-state index contributed by atoms with van der Waals surface area (Å²) >= 11 is 2.43. The summed E-state index contributed by atoms with van der Waals surface area (Å²) in [5.74, 6) is -0.0574. The lowest BCUT2D eigenvalue weighted by Gasteiger charge is -2.13. The fraction of sp³-hybridized carbons (Fsp3) is 0.308. The van der Waals surface area contributed by atoms with Crippen molar-refractivity contribution < 1.29 is 19.1 Å². The van der Waals surface area contributed by atoms with Crippen molar-refractivity contribution in [3.05, 3.63) is 17.8 Å². The van der Waals surface area contributed by atoms with Crippen LogP contribution in [0.25, 0.3) is 10.2 Å². The number of carbonyl (C=O) groups excluding carboxylic acids is 3. The van der Waals surface area contributed by atoms with Crippen molar-refractivity contribution in [1.82, 2.24) is 20.2 Å². The highest BCUT2D eigenvalue weighted by Crippen LogP contribution is 2.25. The summed E-state index contributed by atoms with van der Waals surface area (Å²) in [6.07, 6.45) is 1.38. The molecule has 2 aromatic heterocycles. The van der Waals surface area contributed by atoms with Crippen molar-refractivity contribution in [3.63, 3.8) is 0 Å². The van der Waals surface area contributed by atoms with E-state index in [2.05, 4.69) is 15.3 Å². The second kappa shape index (κ2) is 6.92. The monoisotopic (exact) mass is 352 g/mol. The molecule has 23 heavy (non-hydrogen) atoms. The first-order chi connectivity index (χ1) is 11.1. The van der Waals surface area contributed by atoms with Gasteiger partial charge in [0.25, 0.3) is 11.1 Å². The minimum absolute atomic E-state index is 0.165. The maximum absolute atomic E-state index is 11.8. The number of nitrogens with zero attached hydrogens (tertiary/aromatic N) is 3. The largest absolute Gasteiger partial charge is 0.467 e. The highest BCUT2D eigenvalue weighted by atomic mass is 32.2. The predicted molar refractivity (Wildman–Crippen MR) is 85.5 cm³/mol. The number of ether oxygens (including phenoxy) is 1. The zero-order chi connectivity index (χ0) is 16.2. The van der Waals surface area contributed by atoms with Crippen LogP contribution in [0, 0.1) is 0 Å². The standard InChI is InChI=1S/C13H12N4O4S2/c18-9(14-2-3-17-10(19)6-23-13(17)20)5-21-11-8-1-4-22-12(8)16-7-15-11/h1,4,7H,2-3,5-6H2,(H,14,18). The molecule has 120 valence electrons. The summed E-state index contributed by atoms with van der Waals surface area (Å²) in [7, 11) is 0. The average Bonchev–Trinajstić information content (AvgIpc) is 3.14. The molecule has 0 spiro atoms. The van der Waals surface area contributed by atoms with Crippen molar-refractivity contribution in [2.45, 2.75) is 0 Å². The van der Waals surface area contributed by atoms with E-state index >= 15 is 0 Å². The number of aromatic nitrogens is 2. The Morgan fingerprint density at radius 1 is 1.39 bits per heavy atom. The number of hydrogen-bond donors (Lipinski definition) is 1. The molecular formula is C13H12N4O4S2. The number of thiophene rings is 1. The molecule has 8 nitrogen and oxygen atoms in total. The van der Waals surface area contributed by atoms with Gasteiger partial charge in [-0.05, 0) is 11.4 Å². The van der Waals surface area contributed by atoms with Crippen LogP contribution in [0.1, 0.15) is 0 Å². The van der Waals surface area contributed by atoms with Gasteiger partial charge in [0, 0.05) is 13.1 Å². The zero-order valence-corrected chi connectivity index (χ0v) is 13.5. The number of amides is 3. The topological polar surface area (TPSA) is 101 Å². The highest BCUT2D eigenvalue weighted by Gasteiger charge is 2.29. The van der Waals surface area contributed by atoms with Gasteiger partial charge in [0.05, 0.1) is 11.1 Å². The molecule has 0 atom stereocenters. The molecule has 1 fully saturated rings. The molecule has 0 aromatic carbocycles. The van der Waals surface area contributed by atoms with E-state index in [1.807, 2.05) is 11.4 Å². The minimum Gasteiger partial charge on any atom is -0.467 e. The Bertz CT molecular complexity index is 747. The number of imide groups is 1. The summed E-state index contributed by atoms with van der Waals surface area (Å²) in [4.78, 5) is 44.6. The SMILES string of the molecule is O=C(COc1ncnc2sccc12)NCCN1C(=O)CSC1=O. The molecule has 1 N–H and O–H groups in total. The Labute approximate surface area is 139 Å². The Morgan fingerprint density at radius 2 is 2.26 bits per heavy atom. The van der Waals surface area contributed by atoms with E-state index in [1.165, 1.54) is 17.7 Å². The van der Waals surface area contributed by atoms with Crippen molar-refractivity contribution in [1.29, 1.82) is 0 Å². The lowest BCUT2D eigenvalue weighted by atomic mass is 10.4. The number of fused-ring (bicyclic) bond motifs is 1. The molecule has 1 saturated heterocycles. The van der Waals surface area contributed by atoms with Crippen molar-refractivity contribution in [2.24, 2.45) is 0 Å². The lowest BCUT2D eigenvalue weighted by molar-refractivity contribution is -0.126. The van der Waals surface area contributed by atoms with Crippen LogP contribution < -0.4 is 10.1 Å². The molecule has 1 aliphatic heterocycles. The molecule has 3 rings (SSSR count). The molecular weight excluding hydrogens is 340 g/mol. The van der Waals surface area contributed by atoms with Gasteiger partial charge in [-0.3, -0.25) is 19.3 Å². The van der Waals surface area contributed by atoms with Crippen LogP contribution in [-0.2, 0) is 9.59 Å². The molecule has 0 saturated carbocycles. The lowest BCUT2D eigenvalue weighted by Crippen LogP contribution is -2.39. The smallest absolute Gasteiger partial charge is 0.288 e.